The molecule has 0 fully saturated rings. The Morgan fingerprint density at radius 2 is 1.46 bits per heavy atom. The molecule has 3 heteroatoms. The summed E-state index contributed by atoms with van der Waals surface area (Å²) in [5.74, 6) is 0.895. The molecule has 3 nitrogen and oxygen atoms in total. The monoisotopic (exact) mass is 371 g/mol. The molecule has 1 N–H and O–H groups in total. The molecular weight excluding hydrogens is 346 g/mol. The number of amides is 1. The van der Waals surface area contributed by atoms with E-state index in [9.17, 15) is 4.79 Å². The molecule has 0 atom stereocenters. The van der Waals surface area contributed by atoms with Crippen LogP contribution in [0, 0.1) is 0 Å². The third kappa shape index (κ3) is 5.34. The summed E-state index contributed by atoms with van der Waals surface area (Å²) in [6, 6.07) is 28.5. The van der Waals surface area contributed by atoms with Crippen LogP contribution in [0.5, 0.6) is 5.75 Å². The molecule has 28 heavy (non-hydrogen) atoms. The zero-order chi connectivity index (χ0) is 19.6. The maximum absolute atomic E-state index is 12.2. The fourth-order valence-electron chi connectivity index (χ4n) is 3.26. The first-order valence-electron chi connectivity index (χ1n) is 9.47. The normalized spacial score (nSPS) is 10.9. The van der Waals surface area contributed by atoms with Crippen LogP contribution in [-0.2, 0) is 4.79 Å². The lowest BCUT2D eigenvalue weighted by Gasteiger charge is -2.18. The van der Waals surface area contributed by atoms with Crippen molar-refractivity contribution in [2.75, 3.05) is 13.7 Å². The van der Waals surface area contributed by atoms with Crippen molar-refractivity contribution >= 4 is 12.0 Å². The maximum atomic E-state index is 12.2. The summed E-state index contributed by atoms with van der Waals surface area (Å²) >= 11 is 0. The molecule has 0 aromatic heterocycles. The third-order valence-corrected chi connectivity index (χ3v) is 4.69. The van der Waals surface area contributed by atoms with E-state index in [0.717, 1.165) is 17.7 Å². The molecule has 0 saturated carbocycles. The van der Waals surface area contributed by atoms with Crippen molar-refractivity contribution in [1.82, 2.24) is 5.32 Å². The van der Waals surface area contributed by atoms with Crippen LogP contribution in [0.1, 0.15) is 29.0 Å². The van der Waals surface area contributed by atoms with Gasteiger partial charge in [0.25, 0.3) is 0 Å². The van der Waals surface area contributed by atoms with Crippen LogP contribution in [0.3, 0.4) is 0 Å². The minimum Gasteiger partial charge on any atom is -0.496 e. The van der Waals surface area contributed by atoms with E-state index in [-0.39, 0.29) is 11.8 Å². The van der Waals surface area contributed by atoms with Gasteiger partial charge in [-0.1, -0.05) is 78.9 Å². The van der Waals surface area contributed by atoms with Gasteiger partial charge in [0.15, 0.2) is 0 Å². The summed E-state index contributed by atoms with van der Waals surface area (Å²) in [6.45, 7) is 0.601. The highest BCUT2D eigenvalue weighted by Crippen LogP contribution is 2.27. The third-order valence-electron chi connectivity index (χ3n) is 4.69. The number of benzene rings is 3. The van der Waals surface area contributed by atoms with Crippen LogP contribution in [0.2, 0.25) is 0 Å². The molecule has 0 saturated heterocycles. The van der Waals surface area contributed by atoms with Crippen molar-refractivity contribution in [2.24, 2.45) is 0 Å². The molecule has 3 aromatic carbocycles. The van der Waals surface area contributed by atoms with Gasteiger partial charge in [-0.3, -0.25) is 4.79 Å². The minimum absolute atomic E-state index is 0.106. The largest absolute Gasteiger partial charge is 0.496 e. The summed E-state index contributed by atoms with van der Waals surface area (Å²) in [4.78, 5) is 12.2. The number of nitrogens with one attached hydrogen (secondary N) is 1. The molecule has 0 bridgehead atoms. The van der Waals surface area contributed by atoms with Gasteiger partial charge >= 0.3 is 0 Å². The molecule has 3 aromatic rings. The standard InChI is InChI=1S/C25H25NO2/c1-28-24-15-9-8-14-22(24)16-17-25(27)26-19-18-23(20-10-4-2-5-11-20)21-12-6-3-7-13-21/h2-17,23H,18-19H2,1H3,(H,26,27)/b17-16+. The summed E-state index contributed by atoms with van der Waals surface area (Å²) < 4.78 is 5.31. The van der Waals surface area contributed by atoms with Crippen LogP contribution in [0.25, 0.3) is 6.08 Å². The molecule has 0 radical (unpaired) electrons. The van der Waals surface area contributed by atoms with Crippen molar-refractivity contribution in [3.8, 4) is 5.75 Å². The van der Waals surface area contributed by atoms with Crippen LogP contribution >= 0.6 is 0 Å². The van der Waals surface area contributed by atoms with Gasteiger partial charge < -0.3 is 10.1 Å². The molecule has 1 amide bonds. The number of hydrogen-bond donors (Lipinski definition) is 1. The predicted molar refractivity (Wildman–Crippen MR) is 114 cm³/mol. The van der Waals surface area contributed by atoms with Gasteiger partial charge in [-0.2, -0.15) is 0 Å². The number of hydrogen-bond acceptors (Lipinski definition) is 2. The average Bonchev–Trinajstić information content (AvgIpc) is 2.76. The van der Waals surface area contributed by atoms with E-state index >= 15 is 0 Å². The molecule has 0 aliphatic carbocycles. The summed E-state index contributed by atoms with van der Waals surface area (Å²) in [5, 5.41) is 2.99. The lowest BCUT2D eigenvalue weighted by molar-refractivity contribution is -0.116. The van der Waals surface area contributed by atoms with E-state index in [2.05, 4.69) is 53.8 Å². The van der Waals surface area contributed by atoms with Gasteiger partial charge in [0, 0.05) is 24.1 Å². The number of carbonyl (C=O) groups excluding carboxylic acids is 1. The van der Waals surface area contributed by atoms with E-state index in [1.165, 1.54) is 11.1 Å². The topological polar surface area (TPSA) is 38.3 Å². The van der Waals surface area contributed by atoms with Gasteiger partial charge in [-0.25, -0.2) is 0 Å². The van der Waals surface area contributed by atoms with Crippen molar-refractivity contribution in [2.45, 2.75) is 12.3 Å². The fraction of sp³-hybridized carbons (Fsp3) is 0.160. The van der Waals surface area contributed by atoms with E-state index in [1.807, 2.05) is 36.4 Å². The first kappa shape index (κ1) is 19.4. The number of ether oxygens (including phenoxy) is 1. The Hall–Kier alpha value is -3.33. The van der Waals surface area contributed by atoms with E-state index in [0.29, 0.717) is 6.54 Å². The molecule has 0 aliphatic rings. The predicted octanol–water partition coefficient (Wildman–Crippen LogP) is 5.05. The van der Waals surface area contributed by atoms with Gasteiger partial charge in [0.05, 0.1) is 7.11 Å². The Morgan fingerprint density at radius 3 is 2.07 bits per heavy atom. The Kier molecular flexibility index (Phi) is 7.02. The zero-order valence-electron chi connectivity index (χ0n) is 16.0. The molecule has 3 rings (SSSR count). The Labute approximate surface area is 166 Å². The highest BCUT2D eigenvalue weighted by atomic mass is 16.5. The highest BCUT2D eigenvalue weighted by Gasteiger charge is 2.13. The molecule has 0 aliphatic heterocycles. The number of carbonyl (C=O) groups is 1. The summed E-state index contributed by atoms with van der Waals surface area (Å²) in [6.07, 6.45) is 4.17. The smallest absolute Gasteiger partial charge is 0.244 e. The fourth-order valence-corrected chi connectivity index (χ4v) is 3.26. The Balaban J connectivity index is 1.61. The number of para-hydroxylation sites is 1. The summed E-state index contributed by atoms with van der Waals surface area (Å²) in [5.41, 5.74) is 3.40. The SMILES string of the molecule is COc1ccccc1/C=C/C(=O)NCCC(c1ccccc1)c1ccccc1. The number of methoxy groups -OCH3 is 1. The second-order valence-electron chi connectivity index (χ2n) is 6.53. The first-order valence-corrected chi connectivity index (χ1v) is 9.47. The maximum Gasteiger partial charge on any atom is 0.244 e. The van der Waals surface area contributed by atoms with Crippen LogP contribution in [-0.4, -0.2) is 19.6 Å². The van der Waals surface area contributed by atoms with E-state index < -0.39 is 0 Å². The lowest BCUT2D eigenvalue weighted by atomic mass is 9.88. The van der Waals surface area contributed by atoms with Crippen LogP contribution in [0.15, 0.2) is 91.0 Å². The van der Waals surface area contributed by atoms with E-state index in [1.54, 1.807) is 19.3 Å². The molecule has 0 unspecified atom stereocenters. The second-order valence-corrected chi connectivity index (χ2v) is 6.53. The van der Waals surface area contributed by atoms with Crippen LogP contribution in [0.4, 0.5) is 0 Å². The van der Waals surface area contributed by atoms with Gasteiger partial charge in [0.2, 0.25) is 5.91 Å². The van der Waals surface area contributed by atoms with Gasteiger partial charge in [0.1, 0.15) is 5.75 Å². The summed E-state index contributed by atoms with van der Waals surface area (Å²) in [7, 11) is 1.63. The molecule has 0 spiro atoms. The molecule has 0 heterocycles. The van der Waals surface area contributed by atoms with Crippen molar-refractivity contribution < 1.29 is 9.53 Å². The van der Waals surface area contributed by atoms with Crippen LogP contribution < -0.4 is 10.1 Å². The van der Waals surface area contributed by atoms with Crippen molar-refractivity contribution in [3.63, 3.8) is 0 Å². The minimum atomic E-state index is -0.106. The van der Waals surface area contributed by atoms with Gasteiger partial charge in [-0.15, -0.1) is 0 Å². The number of rotatable bonds is 8. The molecular formula is C25H25NO2. The Morgan fingerprint density at radius 1 is 0.893 bits per heavy atom. The lowest BCUT2D eigenvalue weighted by Crippen LogP contribution is -2.23. The van der Waals surface area contributed by atoms with E-state index in [4.69, 9.17) is 4.74 Å². The average molecular weight is 371 g/mol. The highest BCUT2D eigenvalue weighted by molar-refractivity contribution is 5.92. The first-order chi connectivity index (χ1) is 13.8. The van der Waals surface area contributed by atoms with Gasteiger partial charge in [-0.05, 0) is 29.7 Å². The zero-order valence-corrected chi connectivity index (χ0v) is 16.0. The second kappa shape index (κ2) is 10.1. The quantitative estimate of drug-likeness (QED) is 0.563. The van der Waals surface area contributed by atoms with Crippen molar-refractivity contribution in [3.05, 3.63) is 108 Å². The molecule has 142 valence electrons. The Bertz CT molecular complexity index is 865. The van der Waals surface area contributed by atoms with Crippen molar-refractivity contribution in [1.29, 1.82) is 0 Å².